The number of anilines is 2. The van der Waals surface area contributed by atoms with Crippen LogP contribution in [0, 0.1) is 0 Å². The highest BCUT2D eigenvalue weighted by Gasteiger charge is 2.07. The monoisotopic (exact) mass is 245 g/mol. The van der Waals surface area contributed by atoms with Gasteiger partial charge in [0, 0.05) is 31.5 Å². The van der Waals surface area contributed by atoms with Crippen LogP contribution in [0.15, 0.2) is 18.3 Å². The fourth-order valence-electron chi connectivity index (χ4n) is 1.27. The normalized spacial score (nSPS) is 10.1. The second kappa shape index (κ2) is 4.98. The van der Waals surface area contributed by atoms with Gasteiger partial charge < -0.3 is 10.6 Å². The van der Waals surface area contributed by atoms with Crippen LogP contribution in [0.25, 0.3) is 5.65 Å². The van der Waals surface area contributed by atoms with E-state index in [2.05, 4.69) is 10.1 Å². The van der Waals surface area contributed by atoms with Crippen LogP contribution in [0.1, 0.15) is 0 Å². The Labute approximate surface area is 98.5 Å². The van der Waals surface area contributed by atoms with Crippen molar-refractivity contribution in [2.75, 3.05) is 30.9 Å². The lowest BCUT2D eigenvalue weighted by molar-refractivity contribution is 0.495. The summed E-state index contributed by atoms with van der Waals surface area (Å²) in [7, 11) is 1.75. The molecule has 0 saturated heterocycles. The molecule has 2 N–H and O–H groups in total. The molecule has 2 rings (SSSR count). The van der Waals surface area contributed by atoms with Crippen molar-refractivity contribution in [3.8, 4) is 0 Å². The fraction of sp³-hybridized carbons (Fsp3) is 0.333. The van der Waals surface area contributed by atoms with Gasteiger partial charge >= 0.3 is 0 Å². The molecular formula is C9H13ClFN5. The van der Waals surface area contributed by atoms with Gasteiger partial charge in [0.1, 0.15) is 6.67 Å². The number of pyridine rings is 1. The summed E-state index contributed by atoms with van der Waals surface area (Å²) < 4.78 is 13.7. The lowest BCUT2D eigenvalue weighted by Gasteiger charge is -2.10. The van der Waals surface area contributed by atoms with E-state index in [-0.39, 0.29) is 19.0 Å². The molecule has 0 aromatic carbocycles. The zero-order valence-electron chi connectivity index (χ0n) is 8.80. The number of alkyl halides is 1. The third-order valence-corrected chi connectivity index (χ3v) is 2.11. The van der Waals surface area contributed by atoms with Gasteiger partial charge in [-0.25, -0.2) is 8.91 Å². The molecule has 0 spiro atoms. The van der Waals surface area contributed by atoms with Gasteiger partial charge in [-0.05, 0) is 6.07 Å². The topological polar surface area (TPSA) is 59.5 Å². The minimum atomic E-state index is -0.422. The highest BCUT2D eigenvalue weighted by molar-refractivity contribution is 5.85. The van der Waals surface area contributed by atoms with Gasteiger partial charge in [-0.2, -0.15) is 4.98 Å². The third-order valence-electron chi connectivity index (χ3n) is 2.11. The van der Waals surface area contributed by atoms with Crippen LogP contribution in [0.2, 0.25) is 0 Å². The number of fused-ring (bicyclic) bond motifs is 1. The van der Waals surface area contributed by atoms with Crippen LogP contribution in [0.5, 0.6) is 0 Å². The van der Waals surface area contributed by atoms with E-state index < -0.39 is 6.67 Å². The summed E-state index contributed by atoms with van der Waals surface area (Å²) in [6.45, 7) is -0.138. The average Bonchev–Trinajstić information content (AvgIpc) is 2.60. The van der Waals surface area contributed by atoms with Crippen LogP contribution in [0.4, 0.5) is 16.0 Å². The van der Waals surface area contributed by atoms with E-state index in [0.29, 0.717) is 17.3 Å². The second-order valence-electron chi connectivity index (χ2n) is 3.29. The van der Waals surface area contributed by atoms with E-state index in [4.69, 9.17) is 5.73 Å². The van der Waals surface area contributed by atoms with Crippen LogP contribution in [0.3, 0.4) is 0 Å². The Morgan fingerprint density at radius 3 is 3.00 bits per heavy atom. The second-order valence-corrected chi connectivity index (χ2v) is 3.29. The molecule has 0 aliphatic heterocycles. The molecule has 0 aliphatic rings. The van der Waals surface area contributed by atoms with E-state index >= 15 is 0 Å². The van der Waals surface area contributed by atoms with Gasteiger partial charge in [0.05, 0.1) is 0 Å². The number of nitrogens with zero attached hydrogens (tertiary/aromatic N) is 4. The Bertz CT molecular complexity index is 472. The van der Waals surface area contributed by atoms with Gasteiger partial charge in [0.2, 0.25) is 5.95 Å². The molecule has 0 bridgehead atoms. The van der Waals surface area contributed by atoms with Gasteiger partial charge in [-0.15, -0.1) is 17.5 Å². The van der Waals surface area contributed by atoms with E-state index in [1.807, 2.05) is 0 Å². The number of hydrogen-bond acceptors (Lipinski definition) is 4. The zero-order valence-corrected chi connectivity index (χ0v) is 9.62. The standard InChI is InChI=1S/C9H12FN5.ClH/c1-14(5-3-10)9-12-8-6-7(11)2-4-15(8)13-9;/h2,4,6H,3,5,11H2,1H3;1H. The van der Waals surface area contributed by atoms with Crippen molar-refractivity contribution >= 4 is 29.7 Å². The highest BCUT2D eigenvalue weighted by Crippen LogP contribution is 2.11. The lowest BCUT2D eigenvalue weighted by atomic mass is 10.4. The molecule has 2 aromatic rings. The van der Waals surface area contributed by atoms with E-state index in [9.17, 15) is 4.39 Å². The maximum absolute atomic E-state index is 12.1. The van der Waals surface area contributed by atoms with Crippen LogP contribution in [-0.4, -0.2) is 34.9 Å². The third kappa shape index (κ3) is 2.33. The SMILES string of the molecule is CN(CCF)c1nc2cc(N)ccn2n1.Cl. The quantitative estimate of drug-likeness (QED) is 0.881. The van der Waals surface area contributed by atoms with Crippen molar-refractivity contribution in [3.63, 3.8) is 0 Å². The summed E-state index contributed by atoms with van der Waals surface area (Å²) in [6.07, 6.45) is 1.73. The van der Waals surface area contributed by atoms with Crippen molar-refractivity contribution in [2.45, 2.75) is 0 Å². The van der Waals surface area contributed by atoms with Gasteiger partial charge in [0.15, 0.2) is 5.65 Å². The first-order chi connectivity index (χ1) is 7.20. The Morgan fingerprint density at radius 1 is 1.56 bits per heavy atom. The molecular weight excluding hydrogens is 233 g/mol. The maximum Gasteiger partial charge on any atom is 0.245 e. The van der Waals surface area contributed by atoms with Gasteiger partial charge in [0.25, 0.3) is 0 Å². The highest BCUT2D eigenvalue weighted by atomic mass is 35.5. The maximum atomic E-state index is 12.1. The molecule has 0 radical (unpaired) electrons. The minimum absolute atomic E-state index is 0. The average molecular weight is 246 g/mol. The summed E-state index contributed by atoms with van der Waals surface area (Å²) >= 11 is 0. The number of aromatic nitrogens is 3. The number of halogens is 2. The van der Waals surface area contributed by atoms with Crippen molar-refractivity contribution in [1.82, 2.24) is 14.6 Å². The van der Waals surface area contributed by atoms with E-state index in [1.54, 1.807) is 34.8 Å². The summed E-state index contributed by atoms with van der Waals surface area (Å²) in [5.41, 5.74) is 6.91. The van der Waals surface area contributed by atoms with Crippen molar-refractivity contribution < 1.29 is 4.39 Å². The van der Waals surface area contributed by atoms with Crippen molar-refractivity contribution in [3.05, 3.63) is 18.3 Å². The van der Waals surface area contributed by atoms with Crippen LogP contribution >= 0.6 is 12.4 Å². The summed E-state index contributed by atoms with van der Waals surface area (Å²) in [6, 6.07) is 3.46. The lowest BCUT2D eigenvalue weighted by Crippen LogP contribution is -2.21. The zero-order chi connectivity index (χ0) is 10.8. The Morgan fingerprint density at radius 2 is 2.31 bits per heavy atom. The van der Waals surface area contributed by atoms with E-state index in [1.165, 1.54) is 0 Å². The number of hydrogen-bond donors (Lipinski definition) is 1. The van der Waals surface area contributed by atoms with E-state index in [0.717, 1.165) is 0 Å². The molecule has 0 unspecified atom stereocenters. The molecule has 2 aromatic heterocycles. The molecule has 2 heterocycles. The first-order valence-electron chi connectivity index (χ1n) is 4.59. The number of nitrogen functional groups attached to an aromatic ring is 1. The Balaban J connectivity index is 0.00000128. The summed E-state index contributed by atoms with van der Waals surface area (Å²) in [5.74, 6) is 0.498. The van der Waals surface area contributed by atoms with Crippen molar-refractivity contribution in [1.29, 1.82) is 0 Å². The first kappa shape index (κ1) is 12.5. The van der Waals surface area contributed by atoms with Crippen LogP contribution in [-0.2, 0) is 0 Å². The van der Waals surface area contributed by atoms with Gasteiger partial charge in [-0.3, -0.25) is 0 Å². The first-order valence-corrected chi connectivity index (χ1v) is 4.59. The summed E-state index contributed by atoms with van der Waals surface area (Å²) in [4.78, 5) is 5.88. The van der Waals surface area contributed by atoms with Crippen molar-refractivity contribution in [2.24, 2.45) is 0 Å². The molecule has 0 atom stereocenters. The molecule has 88 valence electrons. The molecule has 16 heavy (non-hydrogen) atoms. The number of rotatable bonds is 3. The predicted octanol–water partition coefficient (Wildman–Crippen LogP) is 1.14. The molecule has 0 aliphatic carbocycles. The minimum Gasteiger partial charge on any atom is -0.399 e. The largest absolute Gasteiger partial charge is 0.399 e. The Kier molecular flexibility index (Phi) is 3.89. The van der Waals surface area contributed by atoms with Gasteiger partial charge in [-0.1, -0.05) is 0 Å². The number of nitrogens with two attached hydrogens (primary N) is 1. The molecule has 0 fully saturated rings. The molecule has 0 amide bonds. The summed E-state index contributed by atoms with van der Waals surface area (Å²) in [5, 5.41) is 4.18. The van der Waals surface area contributed by atoms with Crippen LogP contribution < -0.4 is 10.6 Å². The Hall–Kier alpha value is -1.56. The fourth-order valence-corrected chi connectivity index (χ4v) is 1.27. The molecule has 5 nitrogen and oxygen atoms in total. The molecule has 7 heteroatoms. The molecule has 0 saturated carbocycles. The smallest absolute Gasteiger partial charge is 0.245 e. The predicted molar refractivity (Wildman–Crippen MR) is 63.9 cm³/mol.